The first-order valence-electron chi connectivity index (χ1n) is 6.31. The standard InChI is InChI=1S/C14H16N2O4/c1-3-20-13(17)10-8-15-14(18)16-12(10)9-6-4-5-7-11(9)19-2/h4-8,10,12H,3H2,1-2H3,(H,16,18). The smallest absolute Gasteiger partial charge is 0.341 e. The lowest BCUT2D eigenvalue weighted by Gasteiger charge is -2.27. The molecule has 2 rings (SSSR count). The summed E-state index contributed by atoms with van der Waals surface area (Å²) in [5, 5.41) is 2.68. The van der Waals surface area contributed by atoms with E-state index in [2.05, 4.69) is 10.3 Å². The molecule has 20 heavy (non-hydrogen) atoms. The van der Waals surface area contributed by atoms with Gasteiger partial charge in [-0.2, -0.15) is 0 Å². The highest BCUT2D eigenvalue weighted by atomic mass is 16.5. The van der Waals surface area contributed by atoms with Crippen LogP contribution in [0.5, 0.6) is 5.75 Å². The summed E-state index contributed by atoms with van der Waals surface area (Å²) in [4.78, 5) is 27.1. The second-order valence-corrected chi connectivity index (χ2v) is 4.23. The number of carbonyl (C=O) groups is 2. The number of para-hydroxylation sites is 1. The van der Waals surface area contributed by atoms with Gasteiger partial charge in [0.25, 0.3) is 0 Å². The Bertz CT molecular complexity index is 542. The topological polar surface area (TPSA) is 77.0 Å². The van der Waals surface area contributed by atoms with E-state index in [1.165, 1.54) is 13.3 Å². The number of amides is 2. The molecule has 0 saturated heterocycles. The first-order chi connectivity index (χ1) is 9.67. The Morgan fingerprint density at radius 2 is 2.15 bits per heavy atom. The number of nitrogens with one attached hydrogen (secondary N) is 1. The molecule has 0 aliphatic carbocycles. The minimum absolute atomic E-state index is 0.274. The highest BCUT2D eigenvalue weighted by Crippen LogP contribution is 2.31. The van der Waals surface area contributed by atoms with Crippen LogP contribution in [0.15, 0.2) is 29.3 Å². The van der Waals surface area contributed by atoms with Crippen molar-refractivity contribution in [3.05, 3.63) is 29.8 Å². The average molecular weight is 276 g/mol. The number of rotatable bonds is 4. The van der Waals surface area contributed by atoms with Crippen LogP contribution in [0.25, 0.3) is 0 Å². The predicted molar refractivity (Wildman–Crippen MR) is 72.9 cm³/mol. The van der Waals surface area contributed by atoms with Gasteiger partial charge in [0.05, 0.1) is 19.8 Å². The maximum absolute atomic E-state index is 12.0. The van der Waals surface area contributed by atoms with Crippen LogP contribution in [0.1, 0.15) is 18.5 Å². The third-order valence-electron chi connectivity index (χ3n) is 3.02. The van der Waals surface area contributed by atoms with E-state index in [0.29, 0.717) is 11.3 Å². The van der Waals surface area contributed by atoms with Crippen molar-refractivity contribution in [1.29, 1.82) is 0 Å². The molecule has 1 aliphatic rings. The summed E-state index contributed by atoms with van der Waals surface area (Å²) in [6.45, 7) is 2.00. The molecule has 0 radical (unpaired) electrons. The number of esters is 1. The zero-order chi connectivity index (χ0) is 14.5. The van der Waals surface area contributed by atoms with Crippen molar-refractivity contribution in [3.63, 3.8) is 0 Å². The van der Waals surface area contributed by atoms with Crippen LogP contribution in [-0.2, 0) is 9.53 Å². The molecule has 6 heteroatoms. The van der Waals surface area contributed by atoms with Crippen LogP contribution >= 0.6 is 0 Å². The third kappa shape index (κ3) is 2.79. The number of urea groups is 1. The number of methoxy groups -OCH3 is 1. The van der Waals surface area contributed by atoms with Gasteiger partial charge < -0.3 is 14.8 Å². The lowest BCUT2D eigenvalue weighted by atomic mass is 9.92. The molecule has 1 aromatic rings. The van der Waals surface area contributed by atoms with Crippen LogP contribution in [0, 0.1) is 5.92 Å². The minimum atomic E-state index is -0.663. The van der Waals surface area contributed by atoms with Crippen molar-refractivity contribution >= 4 is 18.2 Å². The first kappa shape index (κ1) is 14.0. The zero-order valence-electron chi connectivity index (χ0n) is 11.3. The summed E-state index contributed by atoms with van der Waals surface area (Å²) in [6, 6.07) is 6.18. The molecule has 1 aliphatic heterocycles. The van der Waals surface area contributed by atoms with E-state index >= 15 is 0 Å². The molecule has 0 fully saturated rings. The summed E-state index contributed by atoms with van der Waals surface area (Å²) < 4.78 is 10.3. The molecule has 0 bridgehead atoms. The summed E-state index contributed by atoms with van der Waals surface area (Å²) in [5.74, 6) is -0.487. The molecule has 106 valence electrons. The van der Waals surface area contributed by atoms with E-state index in [9.17, 15) is 9.59 Å². The molecule has 0 spiro atoms. The Balaban J connectivity index is 2.37. The minimum Gasteiger partial charge on any atom is -0.496 e. The number of carbonyl (C=O) groups excluding carboxylic acids is 2. The number of nitrogens with zero attached hydrogens (tertiary/aromatic N) is 1. The van der Waals surface area contributed by atoms with Gasteiger partial charge in [-0.1, -0.05) is 18.2 Å². The van der Waals surface area contributed by atoms with E-state index in [-0.39, 0.29) is 6.61 Å². The third-order valence-corrected chi connectivity index (χ3v) is 3.02. The summed E-state index contributed by atoms with van der Waals surface area (Å²) in [5.41, 5.74) is 0.715. The Kier molecular flexibility index (Phi) is 4.34. The van der Waals surface area contributed by atoms with Crippen LogP contribution in [0.4, 0.5) is 4.79 Å². The Morgan fingerprint density at radius 3 is 2.85 bits per heavy atom. The number of hydrogen-bond donors (Lipinski definition) is 1. The maximum atomic E-state index is 12.0. The fourth-order valence-corrected chi connectivity index (χ4v) is 2.12. The molecule has 6 nitrogen and oxygen atoms in total. The quantitative estimate of drug-likeness (QED) is 0.849. The van der Waals surface area contributed by atoms with E-state index in [1.54, 1.807) is 19.1 Å². The highest BCUT2D eigenvalue weighted by molar-refractivity contribution is 5.98. The summed E-state index contributed by atoms with van der Waals surface area (Å²) in [6.07, 6.45) is 1.33. The molecule has 1 aromatic carbocycles. The van der Waals surface area contributed by atoms with Crippen LogP contribution in [0.3, 0.4) is 0 Å². The Morgan fingerprint density at radius 1 is 1.40 bits per heavy atom. The molecular weight excluding hydrogens is 260 g/mol. The van der Waals surface area contributed by atoms with Crippen molar-refractivity contribution in [2.24, 2.45) is 10.9 Å². The molecule has 2 atom stereocenters. The fourth-order valence-electron chi connectivity index (χ4n) is 2.12. The normalized spacial score (nSPS) is 21.2. The lowest BCUT2D eigenvalue weighted by molar-refractivity contribution is -0.146. The molecule has 1 heterocycles. The summed E-state index contributed by atoms with van der Waals surface area (Å²) in [7, 11) is 1.54. The molecule has 0 aromatic heterocycles. The number of benzene rings is 1. The number of aliphatic imine (C=N–C) groups is 1. The first-order valence-corrected chi connectivity index (χ1v) is 6.31. The summed E-state index contributed by atoms with van der Waals surface area (Å²) >= 11 is 0. The second-order valence-electron chi connectivity index (χ2n) is 4.23. The van der Waals surface area contributed by atoms with Gasteiger partial charge in [-0.25, -0.2) is 9.79 Å². The van der Waals surface area contributed by atoms with Gasteiger partial charge in [0.2, 0.25) is 0 Å². The van der Waals surface area contributed by atoms with Crippen LogP contribution in [-0.4, -0.2) is 31.9 Å². The molecule has 2 unspecified atom stereocenters. The number of hydrogen-bond acceptors (Lipinski definition) is 4. The van der Waals surface area contributed by atoms with Gasteiger partial charge >= 0.3 is 12.0 Å². The van der Waals surface area contributed by atoms with Crippen molar-refractivity contribution in [3.8, 4) is 5.75 Å². The van der Waals surface area contributed by atoms with Crippen molar-refractivity contribution < 1.29 is 19.1 Å². The lowest BCUT2D eigenvalue weighted by Crippen LogP contribution is -2.41. The van der Waals surface area contributed by atoms with Gasteiger partial charge in [-0.15, -0.1) is 0 Å². The fraction of sp³-hybridized carbons (Fsp3) is 0.357. The number of ether oxygens (including phenoxy) is 2. The monoisotopic (exact) mass is 276 g/mol. The second kappa shape index (κ2) is 6.18. The van der Waals surface area contributed by atoms with Gasteiger partial charge in [0.1, 0.15) is 11.7 Å². The Labute approximate surface area is 116 Å². The largest absolute Gasteiger partial charge is 0.496 e. The van der Waals surface area contributed by atoms with E-state index in [0.717, 1.165) is 0 Å². The predicted octanol–water partition coefficient (Wildman–Crippen LogP) is 1.71. The van der Waals surface area contributed by atoms with Crippen LogP contribution in [0.2, 0.25) is 0 Å². The van der Waals surface area contributed by atoms with E-state index < -0.39 is 24.0 Å². The van der Waals surface area contributed by atoms with E-state index in [1.807, 2.05) is 12.1 Å². The van der Waals surface area contributed by atoms with Crippen molar-refractivity contribution in [1.82, 2.24) is 5.32 Å². The van der Waals surface area contributed by atoms with Gasteiger partial charge in [0.15, 0.2) is 0 Å². The molecule has 2 amide bonds. The zero-order valence-corrected chi connectivity index (χ0v) is 11.3. The molecule has 1 N–H and O–H groups in total. The van der Waals surface area contributed by atoms with Crippen molar-refractivity contribution in [2.45, 2.75) is 13.0 Å². The SMILES string of the molecule is CCOC(=O)C1C=NC(=O)NC1c1ccccc1OC. The van der Waals surface area contributed by atoms with E-state index in [4.69, 9.17) is 9.47 Å². The highest BCUT2D eigenvalue weighted by Gasteiger charge is 2.35. The Hall–Kier alpha value is -2.37. The van der Waals surface area contributed by atoms with Crippen molar-refractivity contribution in [2.75, 3.05) is 13.7 Å². The average Bonchev–Trinajstić information content (AvgIpc) is 2.47. The van der Waals surface area contributed by atoms with Gasteiger partial charge in [0, 0.05) is 11.8 Å². The van der Waals surface area contributed by atoms with Crippen LogP contribution < -0.4 is 10.1 Å². The van der Waals surface area contributed by atoms with Gasteiger partial charge in [-0.3, -0.25) is 4.79 Å². The maximum Gasteiger partial charge on any atom is 0.341 e. The van der Waals surface area contributed by atoms with Gasteiger partial charge in [-0.05, 0) is 13.0 Å². The molecule has 0 saturated carbocycles. The molecular formula is C14H16N2O4.